The van der Waals surface area contributed by atoms with Gasteiger partial charge in [-0.2, -0.15) is 0 Å². The molecule has 2 heterocycles. The Hall–Kier alpha value is -1.38. The van der Waals surface area contributed by atoms with Crippen LogP contribution in [0.15, 0.2) is 24.7 Å². The van der Waals surface area contributed by atoms with Gasteiger partial charge in [0.15, 0.2) is 5.52 Å². The van der Waals surface area contributed by atoms with Crippen LogP contribution in [0.5, 0.6) is 0 Å². The molecule has 0 aromatic carbocycles. The van der Waals surface area contributed by atoms with Gasteiger partial charge in [0, 0.05) is 6.20 Å². The molecule has 2 aromatic heterocycles. The summed E-state index contributed by atoms with van der Waals surface area (Å²) in [6.45, 7) is 6.52. The maximum atomic E-state index is 4.24. The summed E-state index contributed by atoms with van der Waals surface area (Å²) in [5, 5.41) is 0. The first-order chi connectivity index (χ1) is 6.09. The molecule has 0 amide bonds. The molecule has 13 heavy (non-hydrogen) atoms. The zero-order chi connectivity index (χ0) is 9.47. The Labute approximate surface area is 77.4 Å². The number of fused-ring (bicyclic) bond motifs is 1. The Kier molecular flexibility index (Phi) is 1.62. The summed E-state index contributed by atoms with van der Waals surface area (Å²) in [6.07, 6.45) is 3.77. The number of nitrogens with one attached hydrogen (secondary N) is 1. The van der Waals surface area contributed by atoms with Crippen LogP contribution in [0, 0.1) is 0 Å². The van der Waals surface area contributed by atoms with Crippen LogP contribution in [-0.2, 0) is 5.54 Å². The fourth-order valence-corrected chi connectivity index (χ4v) is 1.45. The minimum atomic E-state index is 0.0985. The molecule has 0 aliphatic heterocycles. The highest BCUT2D eigenvalue weighted by atomic mass is 15.1. The zero-order valence-electron chi connectivity index (χ0n) is 8.20. The number of nitrogens with zero attached hydrogens (tertiary/aromatic N) is 2. The number of hydrogen-bond acceptors (Lipinski definition) is 1. The molecule has 0 aliphatic rings. The van der Waals surface area contributed by atoms with Crippen molar-refractivity contribution >= 4 is 11.2 Å². The summed E-state index contributed by atoms with van der Waals surface area (Å²) in [4.78, 5) is 7.39. The largest absolute Gasteiger partial charge is 0.266 e. The molecule has 0 aliphatic carbocycles. The van der Waals surface area contributed by atoms with E-state index in [0.29, 0.717) is 0 Å². The van der Waals surface area contributed by atoms with Crippen LogP contribution in [-0.4, -0.2) is 9.97 Å². The van der Waals surface area contributed by atoms with Crippen molar-refractivity contribution in [2.75, 3.05) is 0 Å². The summed E-state index contributed by atoms with van der Waals surface area (Å²) in [6, 6.07) is 4.03. The van der Waals surface area contributed by atoms with Gasteiger partial charge in [-0.1, -0.05) is 0 Å². The third kappa shape index (κ3) is 1.30. The molecule has 0 saturated heterocycles. The number of pyridine rings is 1. The number of hydrogen-bond donors (Lipinski definition) is 1. The monoisotopic (exact) mass is 176 g/mol. The predicted octanol–water partition coefficient (Wildman–Crippen LogP) is 1.61. The van der Waals surface area contributed by atoms with Crippen molar-refractivity contribution in [3.8, 4) is 0 Å². The highest BCUT2D eigenvalue weighted by Gasteiger charge is 2.22. The molecule has 3 heteroatoms. The van der Waals surface area contributed by atoms with Crippen LogP contribution in [0.4, 0.5) is 0 Å². The molecule has 3 nitrogen and oxygen atoms in total. The Balaban J connectivity index is 2.72. The molecule has 0 atom stereocenters. The molecule has 2 aromatic rings. The van der Waals surface area contributed by atoms with Crippen molar-refractivity contribution in [1.82, 2.24) is 9.97 Å². The van der Waals surface area contributed by atoms with Gasteiger partial charge in [0.1, 0.15) is 5.54 Å². The number of aromatic amines is 1. The summed E-state index contributed by atoms with van der Waals surface area (Å²) in [7, 11) is 0. The second kappa shape index (κ2) is 2.55. The van der Waals surface area contributed by atoms with E-state index in [2.05, 4.69) is 41.4 Å². The SMILES string of the molecule is CC(C)(C)[n+]1c[nH]c2ncccc21. The van der Waals surface area contributed by atoms with Crippen LogP contribution in [0.25, 0.3) is 11.2 Å². The minimum absolute atomic E-state index is 0.0985. The van der Waals surface area contributed by atoms with E-state index in [4.69, 9.17) is 0 Å². The highest BCUT2D eigenvalue weighted by molar-refractivity contribution is 5.65. The number of imidazole rings is 1. The molecular weight excluding hydrogens is 162 g/mol. The Morgan fingerprint density at radius 3 is 2.85 bits per heavy atom. The summed E-state index contributed by atoms with van der Waals surface area (Å²) < 4.78 is 2.19. The van der Waals surface area contributed by atoms with E-state index >= 15 is 0 Å². The van der Waals surface area contributed by atoms with E-state index in [0.717, 1.165) is 11.2 Å². The summed E-state index contributed by atoms with van der Waals surface area (Å²) in [5.41, 5.74) is 2.19. The molecule has 0 saturated carbocycles. The van der Waals surface area contributed by atoms with Crippen molar-refractivity contribution in [1.29, 1.82) is 0 Å². The second-order valence-electron chi connectivity index (χ2n) is 4.19. The fraction of sp³-hybridized carbons (Fsp3) is 0.400. The standard InChI is InChI=1S/C10H13N3/c1-10(2,3)13-7-12-9-8(13)5-4-6-11-9/h4-7H,1-3H3/p+1. The molecule has 0 spiro atoms. The van der Waals surface area contributed by atoms with Gasteiger partial charge in [-0.15, -0.1) is 0 Å². The lowest BCUT2D eigenvalue weighted by Gasteiger charge is -2.14. The third-order valence-corrected chi connectivity index (χ3v) is 2.10. The molecule has 0 bridgehead atoms. The van der Waals surface area contributed by atoms with Gasteiger partial charge in [0.05, 0.1) is 0 Å². The van der Waals surface area contributed by atoms with Gasteiger partial charge in [-0.25, -0.2) is 14.5 Å². The lowest BCUT2D eigenvalue weighted by Crippen LogP contribution is -2.49. The smallest absolute Gasteiger partial charge is 0.227 e. The van der Waals surface area contributed by atoms with Crippen LogP contribution >= 0.6 is 0 Å². The van der Waals surface area contributed by atoms with Gasteiger partial charge < -0.3 is 0 Å². The highest BCUT2D eigenvalue weighted by Crippen LogP contribution is 2.09. The van der Waals surface area contributed by atoms with Gasteiger partial charge >= 0.3 is 0 Å². The van der Waals surface area contributed by atoms with Crippen LogP contribution < -0.4 is 4.57 Å². The normalized spacial score (nSPS) is 12.2. The van der Waals surface area contributed by atoms with E-state index in [1.165, 1.54) is 0 Å². The number of aromatic nitrogens is 3. The molecule has 0 radical (unpaired) electrons. The lowest BCUT2D eigenvalue weighted by atomic mass is 10.1. The van der Waals surface area contributed by atoms with E-state index in [-0.39, 0.29) is 5.54 Å². The van der Waals surface area contributed by atoms with Gasteiger partial charge in [0.2, 0.25) is 6.33 Å². The van der Waals surface area contributed by atoms with E-state index in [1.807, 2.05) is 12.4 Å². The topological polar surface area (TPSA) is 32.6 Å². The molecule has 0 unspecified atom stereocenters. The van der Waals surface area contributed by atoms with Gasteiger partial charge in [-0.05, 0) is 32.9 Å². The second-order valence-corrected chi connectivity index (χ2v) is 4.19. The van der Waals surface area contributed by atoms with Crippen molar-refractivity contribution < 1.29 is 4.57 Å². The molecule has 2 rings (SSSR count). The molecular formula is C10H14N3+. The first-order valence-electron chi connectivity index (χ1n) is 4.43. The Bertz CT molecular complexity index is 423. The maximum Gasteiger partial charge on any atom is 0.266 e. The summed E-state index contributed by atoms with van der Waals surface area (Å²) in [5.74, 6) is 0. The predicted molar refractivity (Wildman–Crippen MR) is 51.3 cm³/mol. The molecule has 68 valence electrons. The Morgan fingerprint density at radius 2 is 2.15 bits per heavy atom. The van der Waals surface area contributed by atoms with E-state index < -0.39 is 0 Å². The van der Waals surface area contributed by atoms with Crippen LogP contribution in [0.1, 0.15) is 20.8 Å². The van der Waals surface area contributed by atoms with Crippen LogP contribution in [0.2, 0.25) is 0 Å². The first kappa shape index (κ1) is 8.23. The summed E-state index contributed by atoms with van der Waals surface area (Å²) >= 11 is 0. The van der Waals surface area contributed by atoms with Gasteiger partial charge in [-0.3, -0.25) is 0 Å². The zero-order valence-corrected chi connectivity index (χ0v) is 8.20. The minimum Gasteiger partial charge on any atom is -0.227 e. The average molecular weight is 176 g/mol. The van der Waals surface area contributed by atoms with Crippen molar-refractivity contribution in [2.24, 2.45) is 0 Å². The van der Waals surface area contributed by atoms with Gasteiger partial charge in [0.25, 0.3) is 5.65 Å². The number of rotatable bonds is 0. The fourth-order valence-electron chi connectivity index (χ4n) is 1.45. The van der Waals surface area contributed by atoms with Crippen molar-refractivity contribution in [3.05, 3.63) is 24.7 Å². The van der Waals surface area contributed by atoms with E-state index in [9.17, 15) is 0 Å². The number of H-pyrrole nitrogens is 1. The molecule has 1 N–H and O–H groups in total. The van der Waals surface area contributed by atoms with E-state index in [1.54, 1.807) is 6.20 Å². The lowest BCUT2D eigenvalue weighted by molar-refractivity contribution is -0.730. The third-order valence-electron chi connectivity index (χ3n) is 2.10. The van der Waals surface area contributed by atoms with Crippen molar-refractivity contribution in [2.45, 2.75) is 26.3 Å². The average Bonchev–Trinajstić information content (AvgIpc) is 2.45. The molecule has 0 fully saturated rings. The quantitative estimate of drug-likeness (QED) is 0.608. The van der Waals surface area contributed by atoms with Crippen molar-refractivity contribution in [3.63, 3.8) is 0 Å². The Morgan fingerprint density at radius 1 is 1.38 bits per heavy atom. The maximum absolute atomic E-state index is 4.24. The van der Waals surface area contributed by atoms with Crippen LogP contribution in [0.3, 0.4) is 0 Å². The first-order valence-corrected chi connectivity index (χ1v) is 4.43.